The summed E-state index contributed by atoms with van der Waals surface area (Å²) in [6.45, 7) is 5.48. The maximum Gasteiger partial charge on any atom is 0.300 e. The Bertz CT molecular complexity index is 177. The molecule has 0 aromatic carbocycles. The first-order valence-electron chi connectivity index (χ1n) is 7.92. The van der Waals surface area contributed by atoms with Crippen molar-refractivity contribution < 1.29 is 15.0 Å². The van der Waals surface area contributed by atoms with Crippen LogP contribution in [0.4, 0.5) is 0 Å². The smallest absolute Gasteiger partial charge is 0.300 e. The number of hydrogen-bond donors (Lipinski definition) is 2. The van der Waals surface area contributed by atoms with Crippen LogP contribution in [0.25, 0.3) is 0 Å². The predicted molar refractivity (Wildman–Crippen MR) is 81.5 cm³/mol. The van der Waals surface area contributed by atoms with Gasteiger partial charge in [0.1, 0.15) is 0 Å². The molecule has 0 aromatic rings. The zero-order valence-electron chi connectivity index (χ0n) is 13.2. The summed E-state index contributed by atoms with van der Waals surface area (Å²) < 4.78 is 0. The quantitative estimate of drug-likeness (QED) is 0.534. The second kappa shape index (κ2) is 17.4. The number of aliphatic hydroxyl groups excluding tert-OH is 1. The molecule has 3 nitrogen and oxygen atoms in total. The summed E-state index contributed by atoms with van der Waals surface area (Å²) >= 11 is 0. The van der Waals surface area contributed by atoms with Gasteiger partial charge in [-0.15, -0.1) is 0 Å². The zero-order valence-corrected chi connectivity index (χ0v) is 13.2. The molecular weight excluding hydrogens is 240 g/mol. The third-order valence-corrected chi connectivity index (χ3v) is 3.01. The van der Waals surface area contributed by atoms with E-state index in [1.165, 1.54) is 51.4 Å². The Morgan fingerprint density at radius 2 is 1.26 bits per heavy atom. The van der Waals surface area contributed by atoms with Crippen LogP contribution in [0.5, 0.6) is 0 Å². The highest BCUT2D eigenvalue weighted by Gasteiger charge is 2.01. The summed E-state index contributed by atoms with van der Waals surface area (Å²) in [5.41, 5.74) is 0. The van der Waals surface area contributed by atoms with Crippen molar-refractivity contribution in [2.24, 2.45) is 0 Å². The third-order valence-electron chi connectivity index (χ3n) is 3.01. The lowest BCUT2D eigenvalue weighted by Crippen LogP contribution is -2.04. The Labute approximate surface area is 119 Å². The summed E-state index contributed by atoms with van der Waals surface area (Å²) in [5.74, 6) is -0.833. The highest BCUT2D eigenvalue weighted by molar-refractivity contribution is 5.62. The lowest BCUT2D eigenvalue weighted by molar-refractivity contribution is -0.134. The van der Waals surface area contributed by atoms with Crippen molar-refractivity contribution in [1.29, 1.82) is 0 Å². The molecule has 0 aliphatic carbocycles. The van der Waals surface area contributed by atoms with Crippen molar-refractivity contribution in [1.82, 2.24) is 0 Å². The van der Waals surface area contributed by atoms with E-state index >= 15 is 0 Å². The lowest BCUT2D eigenvalue weighted by atomic mass is 10.0. The number of aliphatic hydroxyl groups is 1. The fourth-order valence-electron chi connectivity index (χ4n) is 1.99. The van der Waals surface area contributed by atoms with Crippen LogP contribution in [0.15, 0.2) is 0 Å². The molecule has 0 radical (unpaired) electrons. The van der Waals surface area contributed by atoms with Gasteiger partial charge in [0, 0.05) is 6.92 Å². The van der Waals surface area contributed by atoms with Crippen molar-refractivity contribution in [3.8, 4) is 0 Å². The third kappa shape index (κ3) is 26.9. The monoisotopic (exact) mass is 274 g/mol. The number of aliphatic carboxylic acids is 1. The molecular formula is C16H34O3. The molecule has 19 heavy (non-hydrogen) atoms. The highest BCUT2D eigenvalue weighted by atomic mass is 16.4. The van der Waals surface area contributed by atoms with Gasteiger partial charge in [-0.05, 0) is 12.8 Å². The van der Waals surface area contributed by atoms with Gasteiger partial charge in [-0.1, -0.05) is 71.6 Å². The fraction of sp³-hybridized carbons (Fsp3) is 0.938. The number of carboxylic acids is 1. The van der Waals surface area contributed by atoms with E-state index in [9.17, 15) is 5.11 Å². The molecule has 0 aromatic heterocycles. The minimum absolute atomic E-state index is 0.0323. The first-order valence-corrected chi connectivity index (χ1v) is 7.92. The minimum atomic E-state index is -0.833. The average molecular weight is 274 g/mol. The highest BCUT2D eigenvalue weighted by Crippen LogP contribution is 2.12. The van der Waals surface area contributed by atoms with Crippen molar-refractivity contribution >= 4 is 5.97 Å². The lowest BCUT2D eigenvalue weighted by Gasteiger charge is -2.08. The first kappa shape index (κ1) is 20.7. The molecule has 0 fully saturated rings. The molecule has 1 unspecified atom stereocenters. The largest absolute Gasteiger partial charge is 0.481 e. The summed E-state index contributed by atoms with van der Waals surface area (Å²) in [5, 5.41) is 16.9. The minimum Gasteiger partial charge on any atom is -0.481 e. The van der Waals surface area contributed by atoms with E-state index in [2.05, 4.69) is 13.8 Å². The summed E-state index contributed by atoms with van der Waals surface area (Å²) in [6.07, 6.45) is 13.9. The topological polar surface area (TPSA) is 57.5 Å². The van der Waals surface area contributed by atoms with E-state index < -0.39 is 5.97 Å². The average Bonchev–Trinajstić information content (AvgIpc) is 2.32. The van der Waals surface area contributed by atoms with Gasteiger partial charge in [-0.25, -0.2) is 0 Å². The molecule has 1 atom stereocenters. The maximum atomic E-state index is 9.52. The SMILES string of the molecule is CC(=O)O.CCCCCCCCCCC(O)CCC. The van der Waals surface area contributed by atoms with Crippen LogP contribution in [-0.4, -0.2) is 22.3 Å². The Hall–Kier alpha value is -0.570. The van der Waals surface area contributed by atoms with E-state index in [4.69, 9.17) is 9.90 Å². The molecule has 0 bridgehead atoms. The molecule has 3 heteroatoms. The molecule has 0 aliphatic rings. The van der Waals surface area contributed by atoms with Gasteiger partial charge in [0.2, 0.25) is 0 Å². The Morgan fingerprint density at radius 1 is 0.842 bits per heavy atom. The van der Waals surface area contributed by atoms with Crippen LogP contribution in [0, 0.1) is 0 Å². The molecule has 0 saturated heterocycles. The Kier molecular flexibility index (Phi) is 19.0. The number of carboxylic acid groups (broad SMARTS) is 1. The maximum absolute atomic E-state index is 9.52. The molecule has 0 saturated carbocycles. The Morgan fingerprint density at radius 3 is 1.68 bits per heavy atom. The van der Waals surface area contributed by atoms with Crippen molar-refractivity contribution in [2.75, 3.05) is 0 Å². The van der Waals surface area contributed by atoms with Crippen molar-refractivity contribution in [2.45, 2.75) is 97.5 Å². The van der Waals surface area contributed by atoms with E-state index in [1.807, 2.05) is 0 Å². The number of unbranched alkanes of at least 4 members (excludes halogenated alkanes) is 7. The second-order valence-electron chi connectivity index (χ2n) is 5.23. The van der Waals surface area contributed by atoms with E-state index in [-0.39, 0.29) is 6.10 Å². The van der Waals surface area contributed by atoms with Crippen LogP contribution in [0.2, 0.25) is 0 Å². The first-order chi connectivity index (χ1) is 9.04. The van der Waals surface area contributed by atoms with Gasteiger partial charge < -0.3 is 10.2 Å². The van der Waals surface area contributed by atoms with E-state index in [1.54, 1.807) is 0 Å². The molecule has 0 heterocycles. The van der Waals surface area contributed by atoms with Crippen molar-refractivity contribution in [3.05, 3.63) is 0 Å². The number of hydrogen-bond acceptors (Lipinski definition) is 2. The molecule has 2 N–H and O–H groups in total. The van der Waals surface area contributed by atoms with Crippen LogP contribution < -0.4 is 0 Å². The van der Waals surface area contributed by atoms with E-state index in [0.29, 0.717) is 0 Å². The van der Waals surface area contributed by atoms with Crippen LogP contribution in [0.1, 0.15) is 91.4 Å². The molecule has 0 rings (SSSR count). The molecule has 0 spiro atoms. The standard InChI is InChI=1S/C14H30O.C2H4O2/c1-3-5-6-7-8-9-10-11-13-14(15)12-4-2;1-2(3)4/h14-15H,3-13H2,1-2H3;1H3,(H,3,4). The number of rotatable bonds is 11. The van der Waals surface area contributed by atoms with Gasteiger partial charge in [-0.2, -0.15) is 0 Å². The molecule has 116 valence electrons. The van der Waals surface area contributed by atoms with Gasteiger partial charge in [-0.3, -0.25) is 4.79 Å². The fourth-order valence-corrected chi connectivity index (χ4v) is 1.99. The van der Waals surface area contributed by atoms with Gasteiger partial charge >= 0.3 is 0 Å². The van der Waals surface area contributed by atoms with E-state index in [0.717, 1.165) is 26.2 Å². The predicted octanol–water partition coefficient (Wildman–Crippen LogP) is 4.77. The second-order valence-corrected chi connectivity index (χ2v) is 5.23. The normalized spacial score (nSPS) is 11.6. The van der Waals surface area contributed by atoms with Crippen LogP contribution >= 0.6 is 0 Å². The van der Waals surface area contributed by atoms with Gasteiger partial charge in [0.05, 0.1) is 6.10 Å². The molecule has 0 aliphatic heterocycles. The van der Waals surface area contributed by atoms with Gasteiger partial charge in [0.25, 0.3) is 5.97 Å². The number of carbonyl (C=O) groups is 1. The molecule has 0 amide bonds. The van der Waals surface area contributed by atoms with Crippen molar-refractivity contribution in [3.63, 3.8) is 0 Å². The van der Waals surface area contributed by atoms with Crippen LogP contribution in [0.3, 0.4) is 0 Å². The van der Waals surface area contributed by atoms with Gasteiger partial charge in [0.15, 0.2) is 0 Å². The summed E-state index contributed by atoms with van der Waals surface area (Å²) in [7, 11) is 0. The zero-order chi connectivity index (χ0) is 14.9. The van der Waals surface area contributed by atoms with Crippen LogP contribution in [-0.2, 0) is 4.79 Å². The Balaban J connectivity index is 0. The summed E-state index contributed by atoms with van der Waals surface area (Å²) in [6, 6.07) is 0. The summed E-state index contributed by atoms with van der Waals surface area (Å²) in [4.78, 5) is 9.00.